The normalized spacial score (nSPS) is 17.2. The van der Waals surface area contributed by atoms with Crippen LogP contribution in [0.15, 0.2) is 64.8 Å². The largest absolute Gasteiger partial charge is 0.495 e. The van der Waals surface area contributed by atoms with Crippen LogP contribution in [0, 0.1) is 0 Å². The fraction of sp³-hybridized carbons (Fsp3) is 0.370. The van der Waals surface area contributed by atoms with Gasteiger partial charge in [-0.2, -0.15) is 0 Å². The molecule has 4 rings (SSSR count). The second kappa shape index (κ2) is 11.5. The molecule has 2 aromatic carbocycles. The molecule has 1 saturated heterocycles. The van der Waals surface area contributed by atoms with Crippen LogP contribution >= 0.6 is 11.8 Å². The first-order chi connectivity index (χ1) is 17.5. The zero-order chi connectivity index (χ0) is 25.7. The molecule has 2 aliphatic heterocycles. The molecule has 1 unspecified atom stereocenters. The number of thioether (sulfide) groups is 1. The van der Waals surface area contributed by atoms with Gasteiger partial charge in [-0.05, 0) is 57.0 Å². The number of ether oxygens (including phenoxy) is 1. The maximum atomic E-state index is 13.6. The van der Waals surface area contributed by atoms with Crippen LogP contribution in [0.1, 0.15) is 38.8 Å². The molecular weight excluding hydrogens is 474 g/mol. The van der Waals surface area contributed by atoms with Crippen LogP contribution in [0.3, 0.4) is 0 Å². The summed E-state index contributed by atoms with van der Waals surface area (Å²) in [5.74, 6) is 1.64. The molecule has 2 heterocycles. The van der Waals surface area contributed by atoms with E-state index in [-0.39, 0.29) is 18.0 Å². The predicted octanol–water partition coefficient (Wildman–Crippen LogP) is 5.33. The van der Waals surface area contributed by atoms with Crippen molar-refractivity contribution in [3.05, 3.63) is 65.4 Å². The van der Waals surface area contributed by atoms with Gasteiger partial charge in [0.25, 0.3) is 5.91 Å². The number of aliphatic imine (C=N–C) groups is 1. The third-order valence-electron chi connectivity index (χ3n) is 6.38. The number of benzene rings is 2. The number of amides is 3. The number of nitrogens with one attached hydrogen (secondary N) is 2. The van der Waals surface area contributed by atoms with Crippen molar-refractivity contribution in [3.63, 3.8) is 0 Å². The zero-order valence-electron chi connectivity index (χ0n) is 21.2. The van der Waals surface area contributed by atoms with Crippen LogP contribution in [0.25, 0.3) is 0 Å². The Morgan fingerprint density at radius 2 is 1.83 bits per heavy atom. The molecule has 2 aliphatic rings. The fourth-order valence-corrected chi connectivity index (χ4v) is 5.57. The van der Waals surface area contributed by atoms with Crippen molar-refractivity contribution in [2.24, 2.45) is 4.99 Å². The Bertz CT molecular complexity index is 1170. The average molecular weight is 508 g/mol. The molecule has 0 aromatic heterocycles. The van der Waals surface area contributed by atoms with Gasteiger partial charge in [0.05, 0.1) is 30.1 Å². The van der Waals surface area contributed by atoms with Gasteiger partial charge in [0.1, 0.15) is 5.75 Å². The Morgan fingerprint density at radius 1 is 1.11 bits per heavy atom. The van der Waals surface area contributed by atoms with Gasteiger partial charge in [-0.15, -0.1) is 0 Å². The van der Waals surface area contributed by atoms with Crippen molar-refractivity contribution in [2.45, 2.75) is 33.2 Å². The van der Waals surface area contributed by atoms with Crippen LogP contribution in [-0.4, -0.2) is 59.4 Å². The van der Waals surface area contributed by atoms with Crippen molar-refractivity contribution >= 4 is 40.2 Å². The molecule has 190 valence electrons. The molecule has 9 heteroatoms. The van der Waals surface area contributed by atoms with Crippen molar-refractivity contribution in [2.75, 3.05) is 43.1 Å². The molecule has 0 saturated carbocycles. The van der Waals surface area contributed by atoms with Crippen LogP contribution in [0.2, 0.25) is 0 Å². The number of likely N-dealkylation sites (N-methyl/N-ethyl adjacent to an activating group) is 1. The molecule has 1 atom stereocenters. The van der Waals surface area contributed by atoms with Crippen LogP contribution in [0.5, 0.6) is 5.75 Å². The summed E-state index contributed by atoms with van der Waals surface area (Å²) in [6.45, 7) is 8.07. The number of methoxy groups -OCH3 is 1. The van der Waals surface area contributed by atoms with E-state index in [1.54, 1.807) is 31.0 Å². The Labute approximate surface area is 216 Å². The highest BCUT2D eigenvalue weighted by Gasteiger charge is 2.38. The van der Waals surface area contributed by atoms with E-state index in [4.69, 9.17) is 9.73 Å². The summed E-state index contributed by atoms with van der Waals surface area (Å²) in [6, 6.07) is 14.4. The van der Waals surface area contributed by atoms with E-state index < -0.39 is 0 Å². The van der Waals surface area contributed by atoms with Crippen LogP contribution in [-0.2, 0) is 4.79 Å². The summed E-state index contributed by atoms with van der Waals surface area (Å²) in [4.78, 5) is 35.0. The van der Waals surface area contributed by atoms with E-state index >= 15 is 0 Å². The summed E-state index contributed by atoms with van der Waals surface area (Å²) < 4.78 is 5.30. The van der Waals surface area contributed by atoms with E-state index in [1.807, 2.05) is 62.1 Å². The van der Waals surface area contributed by atoms with Crippen molar-refractivity contribution in [1.82, 2.24) is 9.80 Å². The van der Waals surface area contributed by atoms with Gasteiger partial charge in [0.2, 0.25) is 0 Å². The molecule has 2 aromatic rings. The lowest BCUT2D eigenvalue weighted by molar-refractivity contribution is -0.127. The number of para-hydroxylation sites is 2. The lowest BCUT2D eigenvalue weighted by Crippen LogP contribution is -2.45. The second-order valence-corrected chi connectivity index (χ2v) is 9.63. The van der Waals surface area contributed by atoms with E-state index in [1.165, 1.54) is 0 Å². The minimum absolute atomic E-state index is 0.0271. The summed E-state index contributed by atoms with van der Waals surface area (Å²) in [7, 11) is 1.56. The second-order valence-electron chi connectivity index (χ2n) is 8.57. The number of hydrogen-bond acceptors (Lipinski definition) is 6. The van der Waals surface area contributed by atoms with Crippen LogP contribution in [0.4, 0.5) is 16.2 Å². The van der Waals surface area contributed by atoms with Gasteiger partial charge in [-0.3, -0.25) is 4.79 Å². The molecule has 1 fully saturated rings. The number of carbonyl (C=O) groups excluding carboxylic acids is 2. The van der Waals surface area contributed by atoms with Gasteiger partial charge in [-0.1, -0.05) is 36.0 Å². The SMILES string of the molecule is CCN(CC)C(=O)C1=C(C)N=C2SCCCN2C1c1ccc(NC(=O)Nc2ccccc2OC)cc1. The topological polar surface area (TPSA) is 86.3 Å². The first-order valence-electron chi connectivity index (χ1n) is 12.3. The number of anilines is 2. The molecule has 0 radical (unpaired) electrons. The third-order valence-corrected chi connectivity index (χ3v) is 7.46. The first kappa shape index (κ1) is 25.6. The van der Waals surface area contributed by atoms with Crippen molar-refractivity contribution in [3.8, 4) is 5.75 Å². The number of amidine groups is 1. The number of urea groups is 1. The average Bonchev–Trinajstić information content (AvgIpc) is 2.89. The number of hydrogen-bond donors (Lipinski definition) is 2. The standard InChI is InChI=1S/C27H33N5O3S/c1-5-31(6-2)25(33)23-18(3)28-27-32(16-9-17-36-27)24(23)19-12-14-20(15-13-19)29-26(34)30-21-10-7-8-11-22(21)35-4/h7-8,10-15,24H,5-6,9,16-17H2,1-4H3,(H2,29,30,34). The van der Waals surface area contributed by atoms with Crippen molar-refractivity contribution < 1.29 is 14.3 Å². The Balaban J connectivity index is 1.58. The highest BCUT2D eigenvalue weighted by Crippen LogP contribution is 2.40. The van der Waals surface area contributed by atoms with Gasteiger partial charge in [0.15, 0.2) is 5.17 Å². The minimum Gasteiger partial charge on any atom is -0.495 e. The Kier molecular flexibility index (Phi) is 8.20. The van der Waals surface area contributed by atoms with Gasteiger partial charge < -0.3 is 25.2 Å². The summed E-state index contributed by atoms with van der Waals surface area (Å²) in [6.07, 6.45) is 1.04. The molecular formula is C27H33N5O3S. The first-order valence-corrected chi connectivity index (χ1v) is 13.2. The van der Waals surface area contributed by atoms with Gasteiger partial charge >= 0.3 is 6.03 Å². The lowest BCUT2D eigenvalue weighted by Gasteiger charge is -2.41. The summed E-state index contributed by atoms with van der Waals surface area (Å²) in [5, 5.41) is 6.66. The third kappa shape index (κ3) is 5.36. The zero-order valence-corrected chi connectivity index (χ0v) is 22.0. The highest BCUT2D eigenvalue weighted by molar-refractivity contribution is 8.13. The summed E-state index contributed by atoms with van der Waals surface area (Å²) >= 11 is 1.74. The molecule has 0 spiro atoms. The predicted molar refractivity (Wildman–Crippen MR) is 147 cm³/mol. The Hall–Kier alpha value is -3.46. The van der Waals surface area contributed by atoms with E-state index in [2.05, 4.69) is 15.5 Å². The number of rotatable bonds is 7. The van der Waals surface area contributed by atoms with Gasteiger partial charge in [0, 0.05) is 31.1 Å². The quantitative estimate of drug-likeness (QED) is 0.529. The summed E-state index contributed by atoms with van der Waals surface area (Å²) in [5.41, 5.74) is 3.73. The highest BCUT2D eigenvalue weighted by atomic mass is 32.2. The number of allylic oxidation sites excluding steroid dienone is 1. The molecule has 0 bridgehead atoms. The number of carbonyl (C=O) groups is 2. The minimum atomic E-state index is -0.361. The maximum Gasteiger partial charge on any atom is 0.323 e. The molecule has 2 N–H and O–H groups in total. The fourth-order valence-electron chi connectivity index (χ4n) is 4.55. The molecule has 3 amide bonds. The lowest BCUT2D eigenvalue weighted by atomic mass is 9.93. The van der Waals surface area contributed by atoms with Crippen molar-refractivity contribution in [1.29, 1.82) is 0 Å². The van der Waals surface area contributed by atoms with Gasteiger partial charge in [-0.25, -0.2) is 9.79 Å². The molecule has 8 nitrogen and oxygen atoms in total. The number of nitrogens with zero attached hydrogens (tertiary/aromatic N) is 3. The van der Waals surface area contributed by atoms with Crippen LogP contribution < -0.4 is 15.4 Å². The van der Waals surface area contributed by atoms with E-state index in [9.17, 15) is 9.59 Å². The van der Waals surface area contributed by atoms with E-state index in [0.29, 0.717) is 30.2 Å². The molecule has 0 aliphatic carbocycles. The van der Waals surface area contributed by atoms with E-state index in [0.717, 1.165) is 40.7 Å². The number of fused-ring (bicyclic) bond motifs is 1. The molecule has 36 heavy (non-hydrogen) atoms. The monoisotopic (exact) mass is 507 g/mol. The smallest absolute Gasteiger partial charge is 0.323 e. The maximum absolute atomic E-state index is 13.6. The Morgan fingerprint density at radius 3 is 2.53 bits per heavy atom.